The van der Waals surface area contributed by atoms with Gasteiger partial charge < -0.3 is 47.4 Å². The lowest BCUT2D eigenvalue weighted by Gasteiger charge is -2.48. The van der Waals surface area contributed by atoms with Crippen LogP contribution in [0.3, 0.4) is 0 Å². The fourth-order valence-electron chi connectivity index (χ4n) is 9.58. The summed E-state index contributed by atoms with van der Waals surface area (Å²) in [5.41, 5.74) is 6.42. The average Bonchev–Trinajstić information content (AvgIpc) is 3.52. The number of nitrogens with zero attached hydrogens (tertiary/aromatic N) is 1. The standard InChI is InChI=1S/C66H67NO10S/c1-8-24-49(25-9-1)40-68-47-56-59(69-41-50-26-10-2-11-27-50)61(71-43-52-30-14-4-15-31-52)63(73-45-54-34-18-6-19-35-54)65(76-56)75-48-57-60(70-42-51-28-12-3-13-29-51)62(72-44-53-32-16-5-17-33-53)64(74-46-55-36-20-7-21-37-55)66(77-57)78-58-38-22-23-39-67-58/h1-39,56-57,59-66H,40-48H2. The van der Waals surface area contributed by atoms with Crippen LogP contribution in [0.25, 0.3) is 0 Å². The van der Waals surface area contributed by atoms with E-state index in [0.717, 1.165) is 44.0 Å². The SMILES string of the molecule is c1ccc(COCC2OC(OCC3OC(Sc4ccccn4)C(OCc4ccccc4)C(OCc4ccccc4)C3OCc3ccccc3)C(OCc3ccccc3)C(OCc3ccccc3)C2OCc2ccccc2)cc1. The Morgan fingerprint density at radius 2 is 0.641 bits per heavy atom. The van der Waals surface area contributed by atoms with Crippen LogP contribution in [0.1, 0.15) is 38.9 Å². The van der Waals surface area contributed by atoms with Crippen molar-refractivity contribution >= 4 is 11.8 Å². The first kappa shape index (κ1) is 55.0. The Labute approximate surface area is 462 Å². The summed E-state index contributed by atoms with van der Waals surface area (Å²) < 4.78 is 70.5. The van der Waals surface area contributed by atoms with E-state index in [1.165, 1.54) is 11.8 Å². The molecule has 10 atom stereocenters. The number of thioether (sulfide) groups is 1. The number of aromatic nitrogens is 1. The summed E-state index contributed by atoms with van der Waals surface area (Å²) >= 11 is 1.48. The molecule has 0 aliphatic carbocycles. The number of benzene rings is 7. The van der Waals surface area contributed by atoms with Crippen molar-refractivity contribution in [1.82, 2.24) is 4.98 Å². The highest BCUT2D eigenvalue weighted by molar-refractivity contribution is 7.99. The van der Waals surface area contributed by atoms with Gasteiger partial charge in [-0.2, -0.15) is 0 Å². The topological polar surface area (TPSA) is 105 Å². The predicted molar refractivity (Wildman–Crippen MR) is 300 cm³/mol. The molecule has 8 aromatic rings. The molecule has 402 valence electrons. The van der Waals surface area contributed by atoms with Crippen LogP contribution in [-0.4, -0.2) is 78.8 Å². The Kier molecular flexibility index (Phi) is 20.8. The van der Waals surface area contributed by atoms with Crippen molar-refractivity contribution in [3.8, 4) is 0 Å². The van der Waals surface area contributed by atoms with Gasteiger partial charge in [0.25, 0.3) is 0 Å². The van der Waals surface area contributed by atoms with Gasteiger partial charge in [-0.15, -0.1) is 0 Å². The summed E-state index contributed by atoms with van der Waals surface area (Å²) in [6, 6.07) is 76.6. The van der Waals surface area contributed by atoms with E-state index in [9.17, 15) is 0 Å². The van der Waals surface area contributed by atoms with Gasteiger partial charge in [-0.1, -0.05) is 230 Å². The largest absolute Gasteiger partial charge is 0.374 e. The Bertz CT molecular complexity index is 2890. The Hall–Kier alpha value is -6.36. The summed E-state index contributed by atoms with van der Waals surface area (Å²) in [6.07, 6.45) is -4.78. The quantitative estimate of drug-likeness (QED) is 0.0490. The smallest absolute Gasteiger partial charge is 0.187 e. The maximum atomic E-state index is 7.30. The van der Waals surface area contributed by atoms with Gasteiger partial charge in [-0.3, -0.25) is 0 Å². The maximum absolute atomic E-state index is 7.30. The van der Waals surface area contributed by atoms with Crippen LogP contribution in [0, 0.1) is 0 Å². The summed E-state index contributed by atoms with van der Waals surface area (Å²) in [4.78, 5) is 4.73. The van der Waals surface area contributed by atoms with E-state index in [2.05, 4.69) is 48.5 Å². The molecular weight excluding hydrogens is 999 g/mol. The van der Waals surface area contributed by atoms with E-state index in [4.69, 9.17) is 52.4 Å². The van der Waals surface area contributed by atoms with E-state index >= 15 is 0 Å². The first-order valence-corrected chi connectivity index (χ1v) is 27.6. The molecule has 0 spiro atoms. The van der Waals surface area contributed by atoms with E-state index in [0.29, 0.717) is 26.4 Å². The van der Waals surface area contributed by atoms with Crippen molar-refractivity contribution in [2.75, 3.05) is 13.2 Å². The van der Waals surface area contributed by atoms with Gasteiger partial charge in [0.1, 0.15) is 54.3 Å². The van der Waals surface area contributed by atoms with Gasteiger partial charge >= 0.3 is 0 Å². The van der Waals surface area contributed by atoms with E-state index in [1.54, 1.807) is 6.20 Å². The van der Waals surface area contributed by atoms with Gasteiger partial charge in [0.05, 0.1) is 64.5 Å². The first-order valence-electron chi connectivity index (χ1n) is 26.7. The van der Waals surface area contributed by atoms with Crippen LogP contribution < -0.4 is 0 Å². The number of hydrogen-bond donors (Lipinski definition) is 0. The van der Waals surface area contributed by atoms with Crippen LogP contribution >= 0.6 is 11.8 Å². The molecule has 2 aliphatic rings. The summed E-state index contributed by atoms with van der Waals surface area (Å²) in [6.45, 7) is 2.27. The molecule has 0 amide bonds. The molecule has 0 radical (unpaired) electrons. The van der Waals surface area contributed by atoms with Crippen LogP contribution in [0.4, 0.5) is 0 Å². The minimum Gasteiger partial charge on any atom is -0.374 e. The van der Waals surface area contributed by atoms with Crippen LogP contribution in [0.2, 0.25) is 0 Å². The second kappa shape index (κ2) is 29.6. The Morgan fingerprint density at radius 3 is 1.04 bits per heavy atom. The van der Waals surface area contributed by atoms with Crippen molar-refractivity contribution in [3.63, 3.8) is 0 Å². The summed E-state index contributed by atoms with van der Waals surface area (Å²) in [5, 5.41) is 0.768. The fraction of sp³-hybridized carbons (Fsp3) is 0.288. The van der Waals surface area contributed by atoms with Gasteiger partial charge in [0.15, 0.2) is 6.29 Å². The predicted octanol–water partition coefficient (Wildman–Crippen LogP) is 12.4. The van der Waals surface area contributed by atoms with Gasteiger partial charge in [-0.05, 0) is 51.1 Å². The molecule has 0 N–H and O–H groups in total. The molecule has 2 saturated heterocycles. The highest BCUT2D eigenvalue weighted by Crippen LogP contribution is 2.39. The lowest BCUT2D eigenvalue weighted by molar-refractivity contribution is -0.337. The lowest BCUT2D eigenvalue weighted by Crippen LogP contribution is -2.63. The second-order valence-corrected chi connectivity index (χ2v) is 20.4. The number of ether oxygens (including phenoxy) is 10. The van der Waals surface area contributed by atoms with E-state index in [1.807, 2.05) is 182 Å². The third-order valence-corrected chi connectivity index (χ3v) is 14.7. The highest BCUT2D eigenvalue weighted by atomic mass is 32.2. The van der Waals surface area contributed by atoms with Crippen molar-refractivity contribution in [2.45, 2.75) is 112 Å². The van der Waals surface area contributed by atoms with E-state index in [-0.39, 0.29) is 33.0 Å². The molecule has 78 heavy (non-hydrogen) atoms. The third kappa shape index (κ3) is 16.1. The van der Waals surface area contributed by atoms with Gasteiger partial charge in [0, 0.05) is 6.20 Å². The van der Waals surface area contributed by atoms with Gasteiger partial charge in [-0.25, -0.2) is 4.98 Å². The molecule has 11 nitrogen and oxygen atoms in total. The molecule has 0 saturated carbocycles. The minimum atomic E-state index is -1.01. The first-order chi connectivity index (χ1) is 38.7. The number of rotatable bonds is 27. The summed E-state index contributed by atoms with van der Waals surface area (Å²) in [7, 11) is 0. The molecule has 10 unspecified atom stereocenters. The molecule has 3 heterocycles. The molecule has 0 bridgehead atoms. The second-order valence-electron chi connectivity index (χ2n) is 19.3. The Balaban J connectivity index is 1.01. The van der Waals surface area contributed by atoms with Crippen molar-refractivity contribution in [3.05, 3.63) is 276 Å². The molecular formula is C66H67NO10S. The molecule has 10 rings (SSSR count). The number of pyridine rings is 1. The van der Waals surface area contributed by atoms with Crippen LogP contribution in [0.5, 0.6) is 0 Å². The normalized spacial score (nSPS) is 23.2. The van der Waals surface area contributed by atoms with Crippen LogP contribution in [-0.2, 0) is 93.6 Å². The zero-order valence-corrected chi connectivity index (χ0v) is 44.4. The molecule has 2 fully saturated rings. The highest BCUT2D eigenvalue weighted by Gasteiger charge is 2.52. The number of hydrogen-bond acceptors (Lipinski definition) is 12. The maximum Gasteiger partial charge on any atom is 0.187 e. The molecule has 2 aliphatic heterocycles. The van der Waals surface area contributed by atoms with Gasteiger partial charge in [0.2, 0.25) is 0 Å². The Morgan fingerprint density at radius 1 is 0.308 bits per heavy atom. The van der Waals surface area contributed by atoms with Crippen molar-refractivity contribution in [2.24, 2.45) is 0 Å². The third-order valence-electron chi connectivity index (χ3n) is 13.6. The zero-order valence-electron chi connectivity index (χ0n) is 43.6. The fourth-order valence-corrected chi connectivity index (χ4v) is 10.7. The molecule has 7 aromatic carbocycles. The minimum absolute atomic E-state index is 0.00371. The van der Waals surface area contributed by atoms with E-state index < -0.39 is 60.6 Å². The summed E-state index contributed by atoms with van der Waals surface area (Å²) in [5.74, 6) is 0. The molecule has 12 heteroatoms. The van der Waals surface area contributed by atoms with Crippen molar-refractivity contribution in [1.29, 1.82) is 0 Å². The lowest BCUT2D eigenvalue weighted by atomic mass is 9.97. The molecule has 1 aromatic heterocycles. The zero-order chi connectivity index (χ0) is 52.8. The van der Waals surface area contributed by atoms with Crippen molar-refractivity contribution < 1.29 is 47.4 Å². The monoisotopic (exact) mass is 1070 g/mol. The average molecular weight is 1070 g/mol. The van der Waals surface area contributed by atoms with Crippen LogP contribution in [0.15, 0.2) is 242 Å².